The number of benzene rings is 1. The molecule has 1 atom stereocenters. The molecule has 0 saturated carbocycles. The first kappa shape index (κ1) is 17.7. The summed E-state index contributed by atoms with van der Waals surface area (Å²) in [7, 11) is 1.60. The highest BCUT2D eigenvalue weighted by Crippen LogP contribution is 2.14. The largest absolute Gasteiger partial charge is 0.375 e. The van der Waals surface area contributed by atoms with E-state index in [0.717, 1.165) is 16.8 Å². The number of H-pyrrole nitrogens is 1. The Morgan fingerprint density at radius 1 is 1.21 bits per heavy atom. The summed E-state index contributed by atoms with van der Waals surface area (Å²) in [5, 5.41) is 5.47. The molecule has 0 fully saturated rings. The van der Waals surface area contributed by atoms with Gasteiger partial charge in [-0.15, -0.1) is 0 Å². The highest BCUT2D eigenvalue weighted by molar-refractivity contribution is 5.73. The predicted octanol–water partition coefficient (Wildman–Crippen LogP) is 2.18. The van der Waals surface area contributed by atoms with Crippen molar-refractivity contribution in [3.05, 3.63) is 69.1 Å². The van der Waals surface area contributed by atoms with Crippen molar-refractivity contribution in [2.45, 2.75) is 26.5 Å². The van der Waals surface area contributed by atoms with Gasteiger partial charge in [-0.3, -0.25) is 4.79 Å². The zero-order valence-corrected chi connectivity index (χ0v) is 14.2. The number of hydrogen-bond acceptors (Lipinski definition) is 3. The average molecular weight is 329 g/mol. The minimum atomic E-state index is -0.340. The number of pyridine rings is 1. The number of carbonyl (C=O) groups is 1. The molecule has 2 amide bonds. The molecule has 2 rings (SSSR count). The average Bonchev–Trinajstić information content (AvgIpc) is 2.55. The number of rotatable bonds is 6. The maximum absolute atomic E-state index is 12.0. The molecule has 3 N–H and O–H groups in total. The standard InChI is InChI=1S/C18H23N3O3/c1-12-9-13(2)21-17(22)15(12)10-19-18(23)20-11-16(24-3)14-7-5-4-6-8-14/h4-9,16H,10-11H2,1-3H3,(H,21,22)(H2,19,20,23). The molecule has 1 unspecified atom stereocenters. The van der Waals surface area contributed by atoms with E-state index in [1.165, 1.54) is 0 Å². The summed E-state index contributed by atoms with van der Waals surface area (Å²) >= 11 is 0. The molecule has 1 aromatic carbocycles. The Balaban J connectivity index is 1.89. The molecule has 6 nitrogen and oxygen atoms in total. The van der Waals surface area contributed by atoms with E-state index in [4.69, 9.17) is 4.74 Å². The van der Waals surface area contributed by atoms with E-state index >= 15 is 0 Å². The highest BCUT2D eigenvalue weighted by Gasteiger charge is 2.12. The van der Waals surface area contributed by atoms with Crippen LogP contribution in [0.5, 0.6) is 0 Å². The van der Waals surface area contributed by atoms with Gasteiger partial charge in [0.15, 0.2) is 0 Å². The van der Waals surface area contributed by atoms with Gasteiger partial charge >= 0.3 is 6.03 Å². The molecule has 6 heteroatoms. The van der Waals surface area contributed by atoms with Crippen molar-refractivity contribution < 1.29 is 9.53 Å². The molecule has 1 heterocycles. The first-order valence-corrected chi connectivity index (χ1v) is 7.80. The van der Waals surface area contributed by atoms with Gasteiger partial charge in [0.2, 0.25) is 0 Å². The number of hydrogen-bond donors (Lipinski definition) is 3. The Bertz CT molecular complexity index is 741. The van der Waals surface area contributed by atoms with Crippen molar-refractivity contribution in [2.75, 3.05) is 13.7 Å². The van der Waals surface area contributed by atoms with E-state index in [-0.39, 0.29) is 24.2 Å². The summed E-state index contributed by atoms with van der Waals surface area (Å²) in [6, 6.07) is 11.2. The number of aryl methyl sites for hydroxylation is 2. The fourth-order valence-electron chi connectivity index (χ4n) is 2.52. The van der Waals surface area contributed by atoms with Crippen LogP contribution in [-0.4, -0.2) is 24.7 Å². The number of ether oxygens (including phenoxy) is 1. The van der Waals surface area contributed by atoms with Gasteiger partial charge in [-0.1, -0.05) is 30.3 Å². The molecule has 0 aliphatic rings. The van der Waals surface area contributed by atoms with Crippen LogP contribution in [0, 0.1) is 13.8 Å². The second-order valence-corrected chi connectivity index (χ2v) is 5.64. The Morgan fingerprint density at radius 3 is 2.54 bits per heavy atom. The lowest BCUT2D eigenvalue weighted by Crippen LogP contribution is -2.38. The van der Waals surface area contributed by atoms with Crippen LogP contribution in [0.4, 0.5) is 4.79 Å². The van der Waals surface area contributed by atoms with Gasteiger partial charge in [0.1, 0.15) is 0 Å². The third kappa shape index (κ3) is 4.70. The van der Waals surface area contributed by atoms with Gasteiger partial charge in [0.05, 0.1) is 12.6 Å². The lowest BCUT2D eigenvalue weighted by Gasteiger charge is -2.17. The lowest BCUT2D eigenvalue weighted by molar-refractivity contribution is 0.104. The molecule has 24 heavy (non-hydrogen) atoms. The fraction of sp³-hybridized carbons (Fsp3) is 0.333. The number of amides is 2. The summed E-state index contributed by atoms with van der Waals surface area (Å²) < 4.78 is 5.40. The quantitative estimate of drug-likeness (QED) is 0.759. The van der Waals surface area contributed by atoms with Gasteiger partial charge in [-0.05, 0) is 31.0 Å². The predicted molar refractivity (Wildman–Crippen MR) is 93.0 cm³/mol. The van der Waals surface area contributed by atoms with E-state index in [1.807, 2.05) is 50.2 Å². The Kier molecular flexibility index (Phi) is 6.14. The van der Waals surface area contributed by atoms with Crippen molar-refractivity contribution in [1.29, 1.82) is 0 Å². The van der Waals surface area contributed by atoms with E-state index in [2.05, 4.69) is 15.6 Å². The molecule has 0 saturated heterocycles. The zero-order valence-electron chi connectivity index (χ0n) is 14.2. The summed E-state index contributed by atoms with van der Waals surface area (Å²) in [5.41, 5.74) is 3.03. The van der Waals surface area contributed by atoms with Crippen molar-refractivity contribution in [2.24, 2.45) is 0 Å². The summed E-state index contributed by atoms with van der Waals surface area (Å²) in [6.45, 7) is 4.20. The van der Waals surface area contributed by atoms with Gasteiger partial charge < -0.3 is 20.4 Å². The second kappa shape index (κ2) is 8.31. The number of aromatic nitrogens is 1. The van der Waals surface area contributed by atoms with Crippen LogP contribution in [0.3, 0.4) is 0 Å². The molecule has 0 aliphatic heterocycles. The maximum atomic E-state index is 12.0. The van der Waals surface area contributed by atoms with Crippen LogP contribution in [0.2, 0.25) is 0 Å². The number of methoxy groups -OCH3 is 1. The van der Waals surface area contributed by atoms with Crippen molar-refractivity contribution in [1.82, 2.24) is 15.6 Å². The van der Waals surface area contributed by atoms with Crippen LogP contribution in [0.25, 0.3) is 0 Å². The smallest absolute Gasteiger partial charge is 0.315 e. The highest BCUT2D eigenvalue weighted by atomic mass is 16.5. The number of aromatic amines is 1. The van der Waals surface area contributed by atoms with Crippen LogP contribution >= 0.6 is 0 Å². The SMILES string of the molecule is COC(CNC(=O)NCc1c(C)cc(C)[nH]c1=O)c1ccccc1. The van der Waals surface area contributed by atoms with E-state index < -0.39 is 0 Å². The third-order valence-corrected chi connectivity index (χ3v) is 3.82. The summed E-state index contributed by atoms with van der Waals surface area (Å²) in [4.78, 5) is 26.6. The van der Waals surface area contributed by atoms with E-state index in [1.54, 1.807) is 7.11 Å². The normalized spacial score (nSPS) is 11.8. The number of nitrogens with one attached hydrogen (secondary N) is 3. The van der Waals surface area contributed by atoms with E-state index in [9.17, 15) is 9.59 Å². The van der Waals surface area contributed by atoms with Crippen molar-refractivity contribution >= 4 is 6.03 Å². The topological polar surface area (TPSA) is 83.2 Å². The minimum absolute atomic E-state index is 0.174. The maximum Gasteiger partial charge on any atom is 0.315 e. The van der Waals surface area contributed by atoms with E-state index in [0.29, 0.717) is 12.1 Å². The molecule has 0 aliphatic carbocycles. The molecule has 2 aromatic rings. The Labute approximate surface area is 141 Å². The molecular formula is C18H23N3O3. The minimum Gasteiger partial charge on any atom is -0.375 e. The monoisotopic (exact) mass is 329 g/mol. The molecule has 0 bridgehead atoms. The van der Waals surface area contributed by atoms with Crippen LogP contribution in [-0.2, 0) is 11.3 Å². The molecule has 1 aromatic heterocycles. The summed E-state index contributed by atoms with van der Waals surface area (Å²) in [5.74, 6) is 0. The fourth-order valence-corrected chi connectivity index (χ4v) is 2.52. The zero-order chi connectivity index (χ0) is 17.5. The first-order chi connectivity index (χ1) is 11.5. The Hall–Kier alpha value is -2.60. The molecule has 0 spiro atoms. The number of urea groups is 1. The van der Waals surface area contributed by atoms with Gasteiger partial charge in [0, 0.05) is 24.9 Å². The molecule has 0 radical (unpaired) electrons. The van der Waals surface area contributed by atoms with Gasteiger partial charge in [-0.2, -0.15) is 0 Å². The first-order valence-electron chi connectivity index (χ1n) is 7.80. The van der Waals surface area contributed by atoms with Crippen LogP contribution < -0.4 is 16.2 Å². The lowest BCUT2D eigenvalue weighted by atomic mass is 10.1. The van der Waals surface area contributed by atoms with Gasteiger partial charge in [-0.25, -0.2) is 4.79 Å². The second-order valence-electron chi connectivity index (χ2n) is 5.64. The van der Waals surface area contributed by atoms with Crippen LogP contribution in [0.1, 0.15) is 28.5 Å². The van der Waals surface area contributed by atoms with Crippen molar-refractivity contribution in [3.8, 4) is 0 Å². The molecular weight excluding hydrogens is 306 g/mol. The molecule has 128 valence electrons. The summed E-state index contributed by atoms with van der Waals surface area (Å²) in [6.07, 6.45) is -0.221. The number of carbonyl (C=O) groups excluding carboxylic acids is 1. The third-order valence-electron chi connectivity index (χ3n) is 3.82. The van der Waals surface area contributed by atoms with Crippen molar-refractivity contribution in [3.63, 3.8) is 0 Å². The van der Waals surface area contributed by atoms with Gasteiger partial charge in [0.25, 0.3) is 5.56 Å². The van der Waals surface area contributed by atoms with Crippen LogP contribution in [0.15, 0.2) is 41.2 Å². The Morgan fingerprint density at radius 2 is 1.92 bits per heavy atom.